The second-order valence-corrected chi connectivity index (χ2v) is 7.45. The monoisotopic (exact) mass is 335 g/mol. The van der Waals surface area contributed by atoms with Gasteiger partial charge in [0.2, 0.25) is 0 Å². The molecule has 0 aliphatic carbocycles. The highest BCUT2D eigenvalue weighted by molar-refractivity contribution is 5.91. The lowest BCUT2D eigenvalue weighted by Gasteiger charge is -2.39. The Morgan fingerprint density at radius 3 is 2.68 bits per heavy atom. The molecule has 0 fully saturated rings. The molecule has 0 amide bonds. The number of hydrogen-bond acceptors (Lipinski definition) is 2. The number of halogens is 1. The summed E-state index contributed by atoms with van der Waals surface area (Å²) < 4.78 is 19.7. The summed E-state index contributed by atoms with van der Waals surface area (Å²) in [6.45, 7) is 7.14. The average Bonchev–Trinajstić information content (AvgIpc) is 3.03. The fourth-order valence-electron chi connectivity index (χ4n) is 3.89. The van der Waals surface area contributed by atoms with Gasteiger partial charge < -0.3 is 4.42 Å². The van der Waals surface area contributed by atoms with Crippen molar-refractivity contribution in [1.29, 1.82) is 0 Å². The smallest absolute Gasteiger partial charge is 0.141 e. The van der Waals surface area contributed by atoms with Gasteiger partial charge in [0.25, 0.3) is 0 Å². The second-order valence-electron chi connectivity index (χ2n) is 7.45. The van der Waals surface area contributed by atoms with Crippen LogP contribution in [0, 0.1) is 11.2 Å². The summed E-state index contributed by atoms with van der Waals surface area (Å²) >= 11 is 0. The Morgan fingerprint density at radius 2 is 1.92 bits per heavy atom. The van der Waals surface area contributed by atoms with Crippen molar-refractivity contribution in [2.75, 3.05) is 13.1 Å². The van der Waals surface area contributed by atoms with E-state index in [1.54, 1.807) is 12.3 Å². The molecular formula is C22H22FNO. The minimum Gasteiger partial charge on any atom is -0.464 e. The summed E-state index contributed by atoms with van der Waals surface area (Å²) in [6.07, 6.45) is 3.86. The Labute approximate surface area is 147 Å². The molecule has 2 heterocycles. The van der Waals surface area contributed by atoms with Crippen LogP contribution in [-0.2, 0) is 6.54 Å². The third kappa shape index (κ3) is 3.12. The normalized spacial score (nSPS) is 17.6. The minimum atomic E-state index is -0.215. The Bertz CT molecular complexity index is 924. The molecule has 25 heavy (non-hydrogen) atoms. The maximum atomic E-state index is 14.1. The summed E-state index contributed by atoms with van der Waals surface area (Å²) in [5.41, 5.74) is 4.05. The first-order valence-corrected chi connectivity index (χ1v) is 8.67. The molecule has 0 spiro atoms. The standard InChI is InChI=1S/C22H22FNO/c1-22(2)15-24(14-16-6-4-3-5-7-16)10-8-20(22)19-13-18(23)12-17-9-11-25-21(17)19/h3-9,11-13H,10,14-15H2,1-2H3. The quantitative estimate of drug-likeness (QED) is 0.628. The van der Waals surface area contributed by atoms with Crippen LogP contribution in [0.3, 0.4) is 0 Å². The highest BCUT2D eigenvalue weighted by atomic mass is 19.1. The van der Waals surface area contributed by atoms with Crippen molar-refractivity contribution in [2.24, 2.45) is 5.41 Å². The molecule has 0 atom stereocenters. The van der Waals surface area contributed by atoms with E-state index >= 15 is 0 Å². The third-order valence-corrected chi connectivity index (χ3v) is 4.96. The van der Waals surface area contributed by atoms with E-state index in [0.29, 0.717) is 0 Å². The lowest BCUT2D eigenvalue weighted by atomic mass is 9.77. The molecule has 0 saturated carbocycles. The van der Waals surface area contributed by atoms with Crippen LogP contribution in [0.1, 0.15) is 25.0 Å². The maximum Gasteiger partial charge on any atom is 0.141 e. The van der Waals surface area contributed by atoms with Gasteiger partial charge in [-0.1, -0.05) is 50.3 Å². The van der Waals surface area contributed by atoms with Crippen molar-refractivity contribution in [3.05, 3.63) is 77.8 Å². The van der Waals surface area contributed by atoms with Gasteiger partial charge >= 0.3 is 0 Å². The number of hydrogen-bond donors (Lipinski definition) is 0. The topological polar surface area (TPSA) is 16.4 Å². The van der Waals surface area contributed by atoms with Crippen molar-refractivity contribution in [3.8, 4) is 0 Å². The molecule has 3 heteroatoms. The van der Waals surface area contributed by atoms with Crippen LogP contribution in [0.5, 0.6) is 0 Å². The van der Waals surface area contributed by atoms with E-state index in [9.17, 15) is 4.39 Å². The molecule has 128 valence electrons. The molecule has 0 bridgehead atoms. The SMILES string of the molecule is CC1(C)CN(Cc2ccccc2)CC=C1c1cc(F)cc2ccoc12. The molecule has 1 aliphatic rings. The highest BCUT2D eigenvalue weighted by Crippen LogP contribution is 2.41. The molecule has 2 nitrogen and oxygen atoms in total. The zero-order valence-electron chi connectivity index (χ0n) is 14.6. The minimum absolute atomic E-state index is 0.0828. The van der Waals surface area contributed by atoms with E-state index in [4.69, 9.17) is 4.42 Å². The molecule has 0 unspecified atom stereocenters. The zero-order chi connectivity index (χ0) is 17.4. The van der Waals surface area contributed by atoms with Crippen molar-refractivity contribution in [1.82, 2.24) is 4.90 Å². The number of nitrogens with zero attached hydrogens (tertiary/aromatic N) is 1. The number of fused-ring (bicyclic) bond motifs is 1. The molecule has 1 aromatic heterocycles. The van der Waals surface area contributed by atoms with E-state index in [-0.39, 0.29) is 11.2 Å². The molecule has 2 aromatic carbocycles. The van der Waals surface area contributed by atoms with Crippen molar-refractivity contribution >= 4 is 16.5 Å². The Hall–Kier alpha value is -2.39. The number of benzene rings is 2. The maximum absolute atomic E-state index is 14.1. The first-order valence-electron chi connectivity index (χ1n) is 8.67. The summed E-state index contributed by atoms with van der Waals surface area (Å²) in [6, 6.07) is 15.5. The number of furan rings is 1. The van der Waals surface area contributed by atoms with Crippen molar-refractivity contribution < 1.29 is 8.81 Å². The Balaban J connectivity index is 1.67. The fraction of sp³-hybridized carbons (Fsp3) is 0.273. The predicted octanol–water partition coefficient (Wildman–Crippen LogP) is 5.50. The second kappa shape index (κ2) is 6.16. The van der Waals surface area contributed by atoms with E-state index < -0.39 is 0 Å². The average molecular weight is 335 g/mol. The van der Waals surface area contributed by atoms with Gasteiger partial charge in [-0.3, -0.25) is 4.90 Å². The van der Waals surface area contributed by atoms with Gasteiger partial charge in [0.1, 0.15) is 11.4 Å². The molecule has 1 aliphatic heterocycles. The van der Waals surface area contributed by atoms with E-state index in [0.717, 1.165) is 41.7 Å². The van der Waals surface area contributed by atoms with Crippen LogP contribution in [0.2, 0.25) is 0 Å². The summed E-state index contributed by atoms with van der Waals surface area (Å²) in [5, 5.41) is 0.818. The first-order chi connectivity index (χ1) is 12.0. The largest absolute Gasteiger partial charge is 0.464 e. The molecule has 0 radical (unpaired) electrons. The van der Waals surface area contributed by atoms with E-state index in [1.165, 1.54) is 11.6 Å². The molecule has 0 N–H and O–H groups in total. The van der Waals surface area contributed by atoms with E-state index in [1.807, 2.05) is 12.1 Å². The Kier molecular flexibility index (Phi) is 3.97. The third-order valence-electron chi connectivity index (χ3n) is 4.96. The highest BCUT2D eigenvalue weighted by Gasteiger charge is 2.32. The van der Waals surface area contributed by atoms with E-state index in [2.05, 4.69) is 49.1 Å². The van der Waals surface area contributed by atoms with Crippen LogP contribution in [0.15, 0.2) is 65.3 Å². The molecule has 0 saturated heterocycles. The summed E-state index contributed by atoms with van der Waals surface area (Å²) in [5.74, 6) is -0.215. The molecule has 4 rings (SSSR count). The van der Waals surface area contributed by atoms with Crippen molar-refractivity contribution in [2.45, 2.75) is 20.4 Å². The van der Waals surface area contributed by atoms with Gasteiger partial charge in [0, 0.05) is 36.0 Å². The number of rotatable bonds is 3. The van der Waals surface area contributed by atoms with Crippen LogP contribution >= 0.6 is 0 Å². The van der Waals surface area contributed by atoms with Gasteiger partial charge in [-0.15, -0.1) is 0 Å². The first kappa shape index (κ1) is 16.1. The zero-order valence-corrected chi connectivity index (χ0v) is 14.6. The van der Waals surface area contributed by atoms with Gasteiger partial charge in [-0.2, -0.15) is 0 Å². The van der Waals surface area contributed by atoms with Crippen LogP contribution in [0.25, 0.3) is 16.5 Å². The lowest BCUT2D eigenvalue weighted by molar-refractivity contribution is 0.214. The van der Waals surface area contributed by atoms with Gasteiger partial charge in [-0.05, 0) is 29.3 Å². The summed E-state index contributed by atoms with van der Waals surface area (Å²) in [7, 11) is 0. The van der Waals surface area contributed by atoms with Crippen LogP contribution in [-0.4, -0.2) is 18.0 Å². The fourth-order valence-corrected chi connectivity index (χ4v) is 3.89. The molecular weight excluding hydrogens is 313 g/mol. The van der Waals surface area contributed by atoms with Crippen LogP contribution in [0.4, 0.5) is 4.39 Å². The molecule has 3 aromatic rings. The predicted molar refractivity (Wildman–Crippen MR) is 99.6 cm³/mol. The lowest BCUT2D eigenvalue weighted by Crippen LogP contribution is -2.38. The summed E-state index contributed by atoms with van der Waals surface area (Å²) in [4.78, 5) is 2.43. The van der Waals surface area contributed by atoms with Crippen molar-refractivity contribution in [3.63, 3.8) is 0 Å². The van der Waals surface area contributed by atoms with Gasteiger partial charge in [0.15, 0.2) is 0 Å². The van der Waals surface area contributed by atoms with Crippen LogP contribution < -0.4 is 0 Å². The van der Waals surface area contributed by atoms with Gasteiger partial charge in [-0.25, -0.2) is 4.39 Å². The Morgan fingerprint density at radius 1 is 1.12 bits per heavy atom. The van der Waals surface area contributed by atoms with Gasteiger partial charge in [0.05, 0.1) is 6.26 Å².